The largest absolute Gasteiger partial charge is 0.345 e. The summed E-state index contributed by atoms with van der Waals surface area (Å²) < 4.78 is 25.5. The van der Waals surface area contributed by atoms with Crippen LogP contribution >= 0.6 is 11.3 Å². The molecule has 1 aromatic rings. The number of aryl methyl sites for hydroxylation is 1. The van der Waals surface area contributed by atoms with Crippen molar-refractivity contribution in [2.24, 2.45) is 5.73 Å². The Morgan fingerprint density at radius 3 is 2.75 bits per heavy atom. The van der Waals surface area contributed by atoms with E-state index in [1.54, 1.807) is 6.07 Å². The quantitative estimate of drug-likeness (QED) is 0.832. The van der Waals surface area contributed by atoms with Gasteiger partial charge in [-0.3, -0.25) is 4.79 Å². The number of thiophene rings is 1. The first kappa shape index (κ1) is 13.1. The average molecular weight is 248 g/mol. The van der Waals surface area contributed by atoms with Crippen LogP contribution in [0, 0.1) is 0 Å². The Balaban J connectivity index is 2.53. The highest BCUT2D eigenvalue weighted by Crippen LogP contribution is 2.17. The van der Waals surface area contributed by atoms with Gasteiger partial charge >= 0.3 is 0 Å². The molecule has 0 atom stereocenters. The summed E-state index contributed by atoms with van der Waals surface area (Å²) in [6, 6.07) is 3.46. The Morgan fingerprint density at radius 2 is 2.25 bits per heavy atom. The Bertz CT molecular complexity index is 365. The molecule has 0 unspecified atom stereocenters. The lowest BCUT2D eigenvalue weighted by molar-refractivity contribution is 0.0119. The van der Waals surface area contributed by atoms with Gasteiger partial charge in [0.15, 0.2) is 0 Å². The predicted molar refractivity (Wildman–Crippen MR) is 60.0 cm³/mol. The molecule has 0 aliphatic heterocycles. The number of rotatable bonds is 5. The van der Waals surface area contributed by atoms with Gasteiger partial charge in [0.1, 0.15) is 0 Å². The Hall–Kier alpha value is -1.01. The number of amides is 1. The highest BCUT2D eigenvalue weighted by molar-refractivity contribution is 7.14. The number of nitrogens with one attached hydrogen (secondary N) is 1. The highest BCUT2D eigenvalue weighted by atomic mass is 32.1. The van der Waals surface area contributed by atoms with E-state index in [9.17, 15) is 13.6 Å². The maximum absolute atomic E-state index is 12.8. The zero-order chi connectivity index (χ0) is 12.2. The van der Waals surface area contributed by atoms with E-state index in [4.69, 9.17) is 5.73 Å². The minimum atomic E-state index is -3.04. The second kappa shape index (κ2) is 5.36. The molecule has 0 aliphatic carbocycles. The van der Waals surface area contributed by atoms with Crippen molar-refractivity contribution in [1.29, 1.82) is 0 Å². The van der Waals surface area contributed by atoms with Crippen LogP contribution in [0.3, 0.4) is 0 Å². The lowest BCUT2D eigenvalue weighted by atomic mass is 10.3. The molecule has 1 aromatic heterocycles. The predicted octanol–water partition coefficient (Wildman–Crippen LogP) is 1.63. The monoisotopic (exact) mass is 248 g/mol. The molecule has 0 aliphatic rings. The van der Waals surface area contributed by atoms with Gasteiger partial charge in [-0.1, -0.05) is 6.92 Å². The highest BCUT2D eigenvalue weighted by Gasteiger charge is 2.27. The third-order valence-corrected chi connectivity index (χ3v) is 3.27. The summed E-state index contributed by atoms with van der Waals surface area (Å²) >= 11 is 1.31. The third kappa shape index (κ3) is 3.53. The number of halogens is 2. The minimum absolute atomic E-state index is 0.449. The molecular weight excluding hydrogens is 234 g/mol. The smallest absolute Gasteiger partial charge is 0.277 e. The fourth-order valence-corrected chi connectivity index (χ4v) is 1.92. The van der Waals surface area contributed by atoms with E-state index in [0.29, 0.717) is 4.88 Å². The van der Waals surface area contributed by atoms with Gasteiger partial charge < -0.3 is 11.1 Å². The number of alkyl halides is 2. The fraction of sp³-hybridized carbons (Fsp3) is 0.500. The normalized spacial score (nSPS) is 11.5. The van der Waals surface area contributed by atoms with E-state index >= 15 is 0 Å². The van der Waals surface area contributed by atoms with E-state index in [0.717, 1.165) is 11.3 Å². The number of nitrogens with two attached hydrogens (primary N) is 1. The van der Waals surface area contributed by atoms with Crippen molar-refractivity contribution in [3.63, 3.8) is 0 Å². The molecule has 0 saturated carbocycles. The Kier molecular flexibility index (Phi) is 4.37. The summed E-state index contributed by atoms with van der Waals surface area (Å²) in [6.45, 7) is 0.482. The summed E-state index contributed by atoms with van der Waals surface area (Å²) in [7, 11) is 0. The molecule has 6 heteroatoms. The lowest BCUT2D eigenvalue weighted by Crippen LogP contribution is -2.41. The number of hydrogen-bond donors (Lipinski definition) is 2. The maximum Gasteiger partial charge on any atom is 0.277 e. The van der Waals surface area contributed by atoms with Crippen molar-refractivity contribution in [3.8, 4) is 0 Å². The first-order valence-corrected chi connectivity index (χ1v) is 5.75. The summed E-state index contributed by atoms with van der Waals surface area (Å²) in [5, 5.41) is 2.17. The van der Waals surface area contributed by atoms with Crippen LogP contribution in [-0.4, -0.2) is 24.9 Å². The molecule has 3 N–H and O–H groups in total. The molecule has 3 nitrogen and oxygen atoms in total. The fourth-order valence-electron chi connectivity index (χ4n) is 1.06. The summed E-state index contributed by atoms with van der Waals surface area (Å²) in [6.07, 6.45) is 0.830. The maximum atomic E-state index is 12.8. The van der Waals surface area contributed by atoms with Crippen LogP contribution < -0.4 is 11.1 Å². The topological polar surface area (TPSA) is 55.1 Å². The molecule has 90 valence electrons. The molecule has 1 amide bonds. The first-order valence-electron chi connectivity index (χ1n) is 4.93. The second-order valence-corrected chi connectivity index (χ2v) is 4.53. The van der Waals surface area contributed by atoms with E-state index in [-0.39, 0.29) is 0 Å². The average Bonchev–Trinajstić information content (AvgIpc) is 2.74. The van der Waals surface area contributed by atoms with E-state index < -0.39 is 24.9 Å². The summed E-state index contributed by atoms with van der Waals surface area (Å²) in [5.41, 5.74) is 4.86. The molecule has 0 spiro atoms. The van der Waals surface area contributed by atoms with Crippen LogP contribution in [0.4, 0.5) is 8.78 Å². The van der Waals surface area contributed by atoms with E-state index in [1.807, 2.05) is 13.0 Å². The van der Waals surface area contributed by atoms with Crippen LogP contribution in [0.1, 0.15) is 21.5 Å². The van der Waals surface area contributed by atoms with Crippen molar-refractivity contribution in [1.82, 2.24) is 5.32 Å². The molecule has 0 aromatic carbocycles. The van der Waals surface area contributed by atoms with E-state index in [1.165, 1.54) is 11.3 Å². The molecule has 1 heterocycles. The van der Waals surface area contributed by atoms with Gasteiger partial charge in [-0.25, -0.2) is 8.78 Å². The number of hydrogen-bond acceptors (Lipinski definition) is 3. The second-order valence-electron chi connectivity index (χ2n) is 3.36. The Morgan fingerprint density at radius 1 is 1.56 bits per heavy atom. The molecular formula is C10H14F2N2OS. The summed E-state index contributed by atoms with van der Waals surface area (Å²) in [4.78, 5) is 13.0. The number of carbonyl (C=O) groups is 1. The van der Waals surface area contributed by atoms with Crippen molar-refractivity contribution in [2.75, 3.05) is 13.1 Å². The number of carbonyl (C=O) groups excluding carboxylic acids is 1. The van der Waals surface area contributed by atoms with Gasteiger partial charge in [-0.15, -0.1) is 11.3 Å². The molecule has 1 rings (SSSR count). The summed E-state index contributed by atoms with van der Waals surface area (Å²) in [5.74, 6) is -3.52. The van der Waals surface area contributed by atoms with Crippen LogP contribution in [0.2, 0.25) is 0 Å². The van der Waals surface area contributed by atoms with Gasteiger partial charge in [-0.05, 0) is 18.6 Å². The van der Waals surface area contributed by atoms with Crippen LogP contribution in [0.5, 0.6) is 0 Å². The zero-order valence-corrected chi connectivity index (χ0v) is 9.74. The van der Waals surface area contributed by atoms with Crippen molar-refractivity contribution in [3.05, 3.63) is 21.9 Å². The molecule has 0 radical (unpaired) electrons. The third-order valence-electron chi connectivity index (χ3n) is 2.04. The molecule has 0 fully saturated rings. The zero-order valence-electron chi connectivity index (χ0n) is 8.93. The molecule has 0 bridgehead atoms. The Labute approximate surface area is 96.6 Å². The van der Waals surface area contributed by atoms with Crippen molar-refractivity contribution >= 4 is 17.2 Å². The SMILES string of the molecule is CCc1ccc(C(=O)NCC(F)(F)CN)s1. The van der Waals surface area contributed by atoms with Gasteiger partial charge in [0.2, 0.25) is 0 Å². The van der Waals surface area contributed by atoms with Crippen LogP contribution in [0.25, 0.3) is 0 Å². The molecule has 0 saturated heterocycles. The minimum Gasteiger partial charge on any atom is -0.345 e. The standard InChI is InChI=1S/C10H14F2N2OS/c1-2-7-3-4-8(16-7)9(15)14-6-10(11,12)5-13/h3-4H,2,5-6,13H2,1H3,(H,14,15). The van der Waals surface area contributed by atoms with Gasteiger partial charge in [0.05, 0.1) is 18.0 Å². The van der Waals surface area contributed by atoms with Gasteiger partial charge in [0, 0.05) is 4.88 Å². The van der Waals surface area contributed by atoms with E-state index in [2.05, 4.69) is 5.32 Å². The van der Waals surface area contributed by atoms with Gasteiger partial charge in [-0.2, -0.15) is 0 Å². The van der Waals surface area contributed by atoms with Gasteiger partial charge in [0.25, 0.3) is 11.8 Å². The van der Waals surface area contributed by atoms with Crippen molar-refractivity contribution in [2.45, 2.75) is 19.3 Å². The molecule has 16 heavy (non-hydrogen) atoms. The van der Waals surface area contributed by atoms with Crippen LogP contribution in [0.15, 0.2) is 12.1 Å². The van der Waals surface area contributed by atoms with Crippen molar-refractivity contribution < 1.29 is 13.6 Å². The van der Waals surface area contributed by atoms with Crippen LogP contribution in [-0.2, 0) is 6.42 Å². The lowest BCUT2D eigenvalue weighted by Gasteiger charge is -2.13. The first-order chi connectivity index (χ1) is 7.48.